The first-order valence-corrected chi connectivity index (χ1v) is 17.5. The highest BCUT2D eigenvalue weighted by Gasteiger charge is 2.50. The van der Waals surface area contributed by atoms with Crippen LogP contribution in [0.3, 0.4) is 0 Å². The van der Waals surface area contributed by atoms with Gasteiger partial charge in [0.25, 0.3) is 8.32 Å². The minimum Gasteiger partial charge on any atom is -0.407 e. The Morgan fingerprint density at radius 3 is 2.05 bits per heavy atom. The van der Waals surface area contributed by atoms with Gasteiger partial charge in [0.15, 0.2) is 5.79 Å². The fourth-order valence-corrected chi connectivity index (χ4v) is 13.9. The van der Waals surface area contributed by atoms with Crippen LogP contribution in [0.4, 0.5) is 0 Å². The van der Waals surface area contributed by atoms with Crippen molar-refractivity contribution in [3.05, 3.63) is 60.7 Å². The lowest BCUT2D eigenvalue weighted by atomic mass is 10.1. The van der Waals surface area contributed by atoms with Crippen molar-refractivity contribution in [3.63, 3.8) is 0 Å². The van der Waals surface area contributed by atoms with Gasteiger partial charge >= 0.3 is 0 Å². The number of ether oxygens (including phenoxy) is 2. The fourth-order valence-electron chi connectivity index (χ4n) is 5.72. The highest BCUT2D eigenvalue weighted by Crippen LogP contribution is 2.50. The van der Waals surface area contributed by atoms with E-state index in [1.165, 1.54) is 16.8 Å². The Balaban J connectivity index is 1.48. The summed E-state index contributed by atoms with van der Waals surface area (Å²) in [6.07, 6.45) is 3.14. The van der Waals surface area contributed by atoms with Crippen LogP contribution >= 0.6 is 23.5 Å². The average Bonchev–Trinajstić information content (AvgIpc) is 3.20. The number of thioether (sulfide) groups is 2. The van der Waals surface area contributed by atoms with E-state index in [0.717, 1.165) is 24.3 Å². The molecule has 1 N–H and O–H groups in total. The molecule has 0 aliphatic carbocycles. The maximum Gasteiger partial charge on any atom is 0.261 e. The summed E-state index contributed by atoms with van der Waals surface area (Å²) in [4.78, 5) is 0. The molecule has 4 rings (SSSR count). The monoisotopic (exact) mass is 560 g/mol. The van der Waals surface area contributed by atoms with Crippen LogP contribution in [0.15, 0.2) is 60.7 Å². The number of benzene rings is 2. The van der Waals surface area contributed by atoms with Crippen LogP contribution in [0.2, 0.25) is 5.04 Å². The van der Waals surface area contributed by atoms with Gasteiger partial charge in [-0.3, -0.25) is 0 Å². The van der Waals surface area contributed by atoms with Gasteiger partial charge < -0.3 is 19.0 Å². The molecule has 2 aromatic rings. The molecule has 2 aromatic carbocycles. The summed E-state index contributed by atoms with van der Waals surface area (Å²) in [5, 5.41) is 13.8. The standard InChI is InChI=1S/C30H44O4S2Si/c1-28(2,3)37(26-13-8-6-9-14-26,27-15-10-7-11-16-27)33-18-17-24(31)21-30(35-19-12-20-36-30)22-25-23-32-29(4,5)34-25/h6-11,13-16,24-25,31H,12,17-23H2,1-5H3/t24-,25-/m0/s1. The van der Waals surface area contributed by atoms with Crippen molar-refractivity contribution in [2.45, 2.75) is 87.4 Å². The third-order valence-electron chi connectivity index (χ3n) is 7.36. The molecule has 2 saturated heterocycles. The van der Waals surface area contributed by atoms with Gasteiger partial charge in [0.05, 0.1) is 22.9 Å². The summed E-state index contributed by atoms with van der Waals surface area (Å²) in [7, 11) is -2.59. The Labute approximate surface area is 233 Å². The van der Waals surface area contributed by atoms with Crippen molar-refractivity contribution >= 4 is 42.2 Å². The normalized spacial score (nSPS) is 22.6. The highest BCUT2D eigenvalue weighted by molar-refractivity contribution is 8.18. The molecule has 0 bridgehead atoms. The molecule has 4 nitrogen and oxygen atoms in total. The average molecular weight is 561 g/mol. The van der Waals surface area contributed by atoms with Crippen molar-refractivity contribution in [2.75, 3.05) is 24.7 Å². The van der Waals surface area contributed by atoms with Crippen LogP contribution < -0.4 is 10.4 Å². The number of aliphatic hydroxyl groups excluding tert-OH is 1. The summed E-state index contributed by atoms with van der Waals surface area (Å²) in [5.74, 6) is 1.75. The van der Waals surface area contributed by atoms with Crippen molar-refractivity contribution in [3.8, 4) is 0 Å². The Morgan fingerprint density at radius 1 is 1.00 bits per heavy atom. The van der Waals surface area contributed by atoms with E-state index >= 15 is 0 Å². The lowest BCUT2D eigenvalue weighted by Gasteiger charge is -2.43. The number of hydrogen-bond acceptors (Lipinski definition) is 6. The second-order valence-electron chi connectivity index (χ2n) is 11.8. The first-order chi connectivity index (χ1) is 17.6. The zero-order valence-electron chi connectivity index (χ0n) is 23.1. The fraction of sp³-hybridized carbons (Fsp3) is 0.600. The van der Waals surface area contributed by atoms with Gasteiger partial charge in [-0.1, -0.05) is 81.4 Å². The van der Waals surface area contributed by atoms with Gasteiger partial charge in [-0.2, -0.15) is 0 Å². The Hall–Kier alpha value is -0.803. The molecule has 2 fully saturated rings. The molecule has 0 radical (unpaired) electrons. The zero-order valence-corrected chi connectivity index (χ0v) is 25.7. The lowest BCUT2D eigenvalue weighted by molar-refractivity contribution is -0.139. The second kappa shape index (κ2) is 12.2. The first kappa shape index (κ1) is 29.2. The lowest BCUT2D eigenvalue weighted by Crippen LogP contribution is -2.66. The molecule has 2 aliphatic heterocycles. The van der Waals surface area contributed by atoms with Crippen LogP contribution in [-0.4, -0.2) is 60.2 Å². The van der Waals surface area contributed by atoms with E-state index in [0.29, 0.717) is 19.6 Å². The van der Waals surface area contributed by atoms with E-state index < -0.39 is 20.2 Å². The minimum atomic E-state index is -2.59. The molecule has 2 aliphatic rings. The quantitative estimate of drug-likeness (QED) is 0.370. The molecule has 2 atom stereocenters. The second-order valence-corrected chi connectivity index (χ2v) is 19.3. The van der Waals surface area contributed by atoms with Crippen molar-refractivity contribution in [2.24, 2.45) is 0 Å². The largest absolute Gasteiger partial charge is 0.407 e. The maximum atomic E-state index is 11.3. The predicted molar refractivity (Wildman–Crippen MR) is 161 cm³/mol. The maximum absolute atomic E-state index is 11.3. The van der Waals surface area contributed by atoms with E-state index in [-0.39, 0.29) is 15.2 Å². The Bertz CT molecular complexity index is 935. The predicted octanol–water partition coefficient (Wildman–Crippen LogP) is 5.81. The van der Waals surface area contributed by atoms with E-state index in [1.807, 2.05) is 37.4 Å². The zero-order chi connectivity index (χ0) is 26.6. The highest BCUT2D eigenvalue weighted by atomic mass is 32.2. The number of hydrogen-bond donors (Lipinski definition) is 1. The molecule has 0 unspecified atom stereocenters. The Kier molecular flexibility index (Phi) is 9.59. The summed E-state index contributed by atoms with van der Waals surface area (Å²) in [6, 6.07) is 21.5. The molecule has 0 saturated carbocycles. The van der Waals surface area contributed by atoms with E-state index in [2.05, 4.69) is 81.4 Å². The summed E-state index contributed by atoms with van der Waals surface area (Å²) in [5.41, 5.74) is 0. The molecular weight excluding hydrogens is 517 g/mol. The van der Waals surface area contributed by atoms with E-state index in [9.17, 15) is 5.11 Å². The number of rotatable bonds is 10. The molecule has 204 valence electrons. The van der Waals surface area contributed by atoms with Gasteiger partial charge in [0, 0.05) is 6.61 Å². The molecular formula is C30H44O4S2Si. The van der Waals surface area contributed by atoms with Crippen molar-refractivity contribution in [1.29, 1.82) is 0 Å². The minimum absolute atomic E-state index is 0.0382. The van der Waals surface area contributed by atoms with E-state index in [4.69, 9.17) is 13.9 Å². The van der Waals surface area contributed by atoms with Crippen molar-refractivity contribution < 1.29 is 19.0 Å². The first-order valence-electron chi connectivity index (χ1n) is 13.6. The number of aliphatic hydroxyl groups is 1. The van der Waals surface area contributed by atoms with Gasteiger partial charge in [0.2, 0.25) is 0 Å². The van der Waals surface area contributed by atoms with Crippen molar-refractivity contribution in [1.82, 2.24) is 0 Å². The van der Waals surface area contributed by atoms with Gasteiger partial charge in [-0.15, -0.1) is 23.5 Å². The van der Waals surface area contributed by atoms with Crippen LogP contribution in [0.5, 0.6) is 0 Å². The third-order valence-corrected chi connectivity index (χ3v) is 15.8. The smallest absolute Gasteiger partial charge is 0.261 e. The molecule has 0 spiro atoms. The topological polar surface area (TPSA) is 47.9 Å². The molecule has 0 aromatic heterocycles. The molecule has 37 heavy (non-hydrogen) atoms. The summed E-state index contributed by atoms with van der Waals surface area (Å²) < 4.78 is 19.0. The molecule has 0 amide bonds. The van der Waals surface area contributed by atoms with Crippen LogP contribution in [0.1, 0.15) is 60.3 Å². The van der Waals surface area contributed by atoms with Gasteiger partial charge in [-0.05, 0) is 66.4 Å². The van der Waals surface area contributed by atoms with Crippen LogP contribution in [0.25, 0.3) is 0 Å². The molecule has 7 heteroatoms. The SMILES string of the molecule is CC1(C)OC[C@H](CC2(C[C@@H](O)CCO[Si](c3ccccc3)(c3ccccc3)C(C)(C)C)SCCCS2)O1. The van der Waals surface area contributed by atoms with Gasteiger partial charge in [0.1, 0.15) is 0 Å². The van der Waals surface area contributed by atoms with E-state index in [1.54, 1.807) is 0 Å². The van der Waals surface area contributed by atoms with Crippen LogP contribution in [0, 0.1) is 0 Å². The Morgan fingerprint density at radius 2 is 1.57 bits per heavy atom. The molecule has 2 heterocycles. The van der Waals surface area contributed by atoms with Gasteiger partial charge in [-0.25, -0.2) is 0 Å². The van der Waals surface area contributed by atoms with Crippen LogP contribution in [-0.2, 0) is 13.9 Å². The summed E-state index contributed by atoms with van der Waals surface area (Å²) in [6.45, 7) is 12.0. The third kappa shape index (κ3) is 7.05. The summed E-state index contributed by atoms with van der Waals surface area (Å²) >= 11 is 4.00.